The van der Waals surface area contributed by atoms with Crippen LogP contribution in [0, 0.1) is 11.3 Å². The first-order chi connectivity index (χ1) is 10.4. The number of aromatic nitrogens is 1. The van der Waals surface area contributed by atoms with Gasteiger partial charge in [-0.05, 0) is 11.6 Å². The summed E-state index contributed by atoms with van der Waals surface area (Å²) in [7, 11) is 0. The molecule has 3 rings (SSSR count). The Morgan fingerprint density at radius 2 is 2.00 bits per heavy atom. The monoisotopic (exact) mass is 292 g/mol. The van der Waals surface area contributed by atoms with E-state index in [1.807, 2.05) is 47.8 Å². The van der Waals surface area contributed by atoms with E-state index in [4.69, 9.17) is 4.74 Å². The summed E-state index contributed by atoms with van der Waals surface area (Å²) in [5.41, 5.74) is 3.52. The minimum Gasteiger partial charge on any atom is -0.478 e. The van der Waals surface area contributed by atoms with Crippen molar-refractivity contribution in [3.8, 4) is 22.3 Å². The quantitative estimate of drug-likeness (QED) is 0.721. The smallest absolute Gasteiger partial charge is 0.192 e. The third kappa shape index (κ3) is 2.93. The average molecular weight is 292 g/mol. The molecule has 3 nitrogen and oxygen atoms in total. The zero-order chi connectivity index (χ0) is 14.5. The maximum absolute atomic E-state index is 9.41. The highest BCUT2D eigenvalue weighted by Crippen LogP contribution is 2.36. The van der Waals surface area contributed by atoms with Crippen molar-refractivity contribution in [1.29, 1.82) is 5.26 Å². The SMILES string of the molecule is N#Cc1c(-c2ccccc2)csc1OCc1cccnc1. The Balaban J connectivity index is 1.84. The molecule has 0 saturated heterocycles. The third-order valence-electron chi connectivity index (χ3n) is 3.05. The standard InChI is InChI=1S/C17H12N2OS/c18-9-15-16(14-6-2-1-3-7-14)12-21-17(15)20-11-13-5-4-8-19-10-13/h1-8,10,12H,11H2. The fraction of sp³-hybridized carbons (Fsp3) is 0.0588. The molecule has 2 heterocycles. The first kappa shape index (κ1) is 13.3. The van der Waals surface area contributed by atoms with Crippen molar-refractivity contribution in [3.05, 3.63) is 71.4 Å². The molecule has 1 aromatic carbocycles. The van der Waals surface area contributed by atoms with Gasteiger partial charge in [0, 0.05) is 28.9 Å². The number of ether oxygens (including phenoxy) is 1. The molecule has 2 aromatic heterocycles. The van der Waals surface area contributed by atoms with Crippen molar-refractivity contribution in [1.82, 2.24) is 4.98 Å². The van der Waals surface area contributed by atoms with Crippen molar-refractivity contribution in [2.24, 2.45) is 0 Å². The summed E-state index contributed by atoms with van der Waals surface area (Å²) < 4.78 is 5.77. The summed E-state index contributed by atoms with van der Waals surface area (Å²) in [5.74, 6) is 0. The molecule has 4 heteroatoms. The molecule has 102 valence electrons. The summed E-state index contributed by atoms with van der Waals surface area (Å²) in [6, 6.07) is 15.9. The van der Waals surface area contributed by atoms with E-state index in [1.54, 1.807) is 12.4 Å². The lowest BCUT2D eigenvalue weighted by molar-refractivity contribution is 0.314. The predicted molar refractivity (Wildman–Crippen MR) is 83.0 cm³/mol. The van der Waals surface area contributed by atoms with Crippen molar-refractivity contribution in [2.45, 2.75) is 6.61 Å². The number of rotatable bonds is 4. The van der Waals surface area contributed by atoms with Gasteiger partial charge in [-0.15, -0.1) is 11.3 Å². The van der Waals surface area contributed by atoms with Crippen LogP contribution in [0.15, 0.2) is 60.2 Å². The fourth-order valence-electron chi connectivity index (χ4n) is 2.01. The molecule has 0 unspecified atom stereocenters. The van der Waals surface area contributed by atoms with E-state index in [0.29, 0.717) is 17.2 Å². The number of hydrogen-bond acceptors (Lipinski definition) is 4. The summed E-state index contributed by atoms with van der Waals surface area (Å²) in [4.78, 5) is 4.05. The number of thiophene rings is 1. The Morgan fingerprint density at radius 1 is 1.14 bits per heavy atom. The van der Waals surface area contributed by atoms with E-state index < -0.39 is 0 Å². The van der Waals surface area contributed by atoms with Crippen LogP contribution < -0.4 is 4.74 Å². The molecule has 21 heavy (non-hydrogen) atoms. The molecular weight excluding hydrogens is 280 g/mol. The van der Waals surface area contributed by atoms with Gasteiger partial charge in [-0.1, -0.05) is 36.4 Å². The number of benzene rings is 1. The topological polar surface area (TPSA) is 45.9 Å². The minimum atomic E-state index is 0.414. The number of hydrogen-bond donors (Lipinski definition) is 0. The maximum Gasteiger partial charge on any atom is 0.192 e. The van der Waals surface area contributed by atoms with E-state index in [1.165, 1.54) is 11.3 Å². The molecule has 0 radical (unpaired) electrons. The largest absolute Gasteiger partial charge is 0.478 e. The second-order valence-electron chi connectivity index (χ2n) is 4.44. The normalized spacial score (nSPS) is 10.0. The first-order valence-corrected chi connectivity index (χ1v) is 7.35. The maximum atomic E-state index is 9.41. The zero-order valence-electron chi connectivity index (χ0n) is 11.2. The molecule has 0 aliphatic rings. The van der Waals surface area contributed by atoms with Gasteiger partial charge in [-0.2, -0.15) is 5.26 Å². The number of nitriles is 1. The van der Waals surface area contributed by atoms with Crippen LogP contribution in [0.3, 0.4) is 0 Å². The van der Waals surface area contributed by atoms with E-state index in [0.717, 1.165) is 16.7 Å². The van der Waals surface area contributed by atoms with Crippen LogP contribution in [0.5, 0.6) is 5.06 Å². The van der Waals surface area contributed by atoms with E-state index >= 15 is 0 Å². The van der Waals surface area contributed by atoms with Gasteiger partial charge in [0.25, 0.3) is 0 Å². The molecule has 3 aromatic rings. The zero-order valence-corrected chi connectivity index (χ0v) is 12.0. The Kier molecular flexibility index (Phi) is 3.95. The van der Waals surface area contributed by atoms with Crippen LogP contribution in [0.25, 0.3) is 11.1 Å². The van der Waals surface area contributed by atoms with Gasteiger partial charge in [-0.3, -0.25) is 4.98 Å². The van der Waals surface area contributed by atoms with Crippen LogP contribution in [0.4, 0.5) is 0 Å². The van der Waals surface area contributed by atoms with Crippen LogP contribution >= 0.6 is 11.3 Å². The second-order valence-corrected chi connectivity index (χ2v) is 5.28. The van der Waals surface area contributed by atoms with Gasteiger partial charge in [0.1, 0.15) is 18.2 Å². The van der Waals surface area contributed by atoms with Crippen LogP contribution in [0.2, 0.25) is 0 Å². The van der Waals surface area contributed by atoms with Crippen LogP contribution in [-0.4, -0.2) is 4.98 Å². The second kappa shape index (κ2) is 6.21. The van der Waals surface area contributed by atoms with E-state index in [9.17, 15) is 5.26 Å². The molecule has 0 amide bonds. The Bertz CT molecular complexity index is 760. The summed E-state index contributed by atoms with van der Waals surface area (Å²) >= 11 is 1.45. The Hall–Kier alpha value is -2.64. The molecule has 0 bridgehead atoms. The van der Waals surface area contributed by atoms with Gasteiger partial charge >= 0.3 is 0 Å². The molecule has 0 atom stereocenters. The summed E-state index contributed by atoms with van der Waals surface area (Å²) in [6.07, 6.45) is 3.49. The van der Waals surface area contributed by atoms with E-state index in [-0.39, 0.29) is 0 Å². The Morgan fingerprint density at radius 3 is 2.71 bits per heavy atom. The molecule has 0 saturated carbocycles. The van der Waals surface area contributed by atoms with Crippen molar-refractivity contribution in [3.63, 3.8) is 0 Å². The lowest BCUT2D eigenvalue weighted by Gasteiger charge is -2.04. The highest BCUT2D eigenvalue weighted by molar-refractivity contribution is 7.12. The van der Waals surface area contributed by atoms with Crippen molar-refractivity contribution >= 4 is 11.3 Å². The lowest BCUT2D eigenvalue weighted by Crippen LogP contribution is -1.95. The van der Waals surface area contributed by atoms with Crippen LogP contribution in [0.1, 0.15) is 11.1 Å². The molecule has 0 aliphatic heterocycles. The molecular formula is C17H12N2OS. The van der Waals surface area contributed by atoms with Crippen molar-refractivity contribution in [2.75, 3.05) is 0 Å². The van der Waals surface area contributed by atoms with Gasteiger partial charge in [-0.25, -0.2) is 0 Å². The molecule has 0 fully saturated rings. The predicted octanol–water partition coefficient (Wildman–Crippen LogP) is 4.26. The van der Waals surface area contributed by atoms with Gasteiger partial charge in [0.05, 0.1) is 0 Å². The average Bonchev–Trinajstić information content (AvgIpc) is 2.97. The summed E-state index contributed by atoms with van der Waals surface area (Å²) in [6.45, 7) is 0.414. The highest BCUT2D eigenvalue weighted by Gasteiger charge is 2.14. The van der Waals surface area contributed by atoms with Gasteiger partial charge in [0.2, 0.25) is 0 Å². The molecule has 0 N–H and O–H groups in total. The minimum absolute atomic E-state index is 0.414. The van der Waals surface area contributed by atoms with Gasteiger partial charge < -0.3 is 4.74 Å². The molecule has 0 spiro atoms. The summed E-state index contributed by atoms with van der Waals surface area (Å²) in [5, 5.41) is 12.0. The van der Waals surface area contributed by atoms with Crippen molar-refractivity contribution < 1.29 is 4.74 Å². The Labute approximate surface area is 127 Å². The fourth-order valence-corrected chi connectivity index (χ4v) is 2.89. The molecule has 0 aliphatic carbocycles. The van der Waals surface area contributed by atoms with Crippen LogP contribution in [-0.2, 0) is 6.61 Å². The number of pyridine rings is 1. The van der Waals surface area contributed by atoms with E-state index in [2.05, 4.69) is 11.1 Å². The first-order valence-electron chi connectivity index (χ1n) is 6.47. The number of nitrogens with zero attached hydrogens (tertiary/aromatic N) is 2. The van der Waals surface area contributed by atoms with Gasteiger partial charge in [0.15, 0.2) is 5.06 Å². The third-order valence-corrected chi connectivity index (χ3v) is 3.94. The lowest BCUT2D eigenvalue weighted by atomic mass is 10.1. The highest BCUT2D eigenvalue weighted by atomic mass is 32.1.